The Labute approximate surface area is 170 Å². The molecular weight excluding hydrogens is 364 g/mol. The lowest BCUT2D eigenvalue weighted by molar-refractivity contribution is 0.0977. The van der Waals surface area contributed by atoms with Crippen molar-refractivity contribution in [2.24, 2.45) is 4.99 Å². The molecule has 6 heteroatoms. The van der Waals surface area contributed by atoms with Crippen molar-refractivity contribution in [1.82, 2.24) is 10.3 Å². The quantitative estimate of drug-likeness (QED) is 0.493. The molecule has 0 radical (unpaired) electrons. The number of aryl methyl sites for hydroxylation is 1. The summed E-state index contributed by atoms with van der Waals surface area (Å²) in [5, 5.41) is 6.02. The molecule has 0 bridgehead atoms. The monoisotopic (exact) mass is 388 g/mol. The van der Waals surface area contributed by atoms with E-state index in [0.29, 0.717) is 23.8 Å². The third-order valence-electron chi connectivity index (χ3n) is 4.31. The molecule has 0 saturated carbocycles. The van der Waals surface area contributed by atoms with Gasteiger partial charge in [0.25, 0.3) is 5.91 Å². The number of anilines is 1. The number of aromatic nitrogens is 1. The van der Waals surface area contributed by atoms with Crippen LogP contribution in [0.3, 0.4) is 0 Å². The van der Waals surface area contributed by atoms with Crippen LogP contribution in [0.5, 0.6) is 5.75 Å². The zero-order valence-corrected chi connectivity index (χ0v) is 16.6. The number of hydrogen-bond donors (Lipinski definition) is 2. The molecule has 2 N–H and O–H groups in total. The largest absolute Gasteiger partial charge is 0.497 e. The van der Waals surface area contributed by atoms with Gasteiger partial charge in [-0.15, -0.1) is 0 Å². The number of aliphatic imine (C=N–C) groups is 1. The number of nitrogens with one attached hydrogen (secondary N) is 2. The maximum atomic E-state index is 12.7. The minimum atomic E-state index is -0.233. The van der Waals surface area contributed by atoms with Crippen molar-refractivity contribution in [2.75, 3.05) is 12.4 Å². The summed E-state index contributed by atoms with van der Waals surface area (Å²) < 4.78 is 5.26. The fraction of sp³-hybridized carbons (Fsp3) is 0.174. The summed E-state index contributed by atoms with van der Waals surface area (Å²) in [6, 6.07) is 20.6. The van der Waals surface area contributed by atoms with E-state index in [1.165, 1.54) is 5.56 Å². The second kappa shape index (κ2) is 10.0. The number of amides is 1. The molecule has 0 unspecified atom stereocenters. The minimum Gasteiger partial charge on any atom is -0.497 e. The summed E-state index contributed by atoms with van der Waals surface area (Å²) in [5.41, 5.74) is 3.31. The first kappa shape index (κ1) is 20.1. The number of rotatable bonds is 6. The SMILES string of the molecule is CCc1ccc(C(=O)NC(=NCc2ccccn2)Nc2cccc(OC)c2)cc1. The number of ether oxygens (including phenoxy) is 1. The van der Waals surface area contributed by atoms with Gasteiger partial charge < -0.3 is 10.1 Å². The normalized spacial score (nSPS) is 11.0. The highest BCUT2D eigenvalue weighted by Gasteiger charge is 2.10. The third kappa shape index (κ3) is 5.90. The standard InChI is InChI=1S/C23H24N4O2/c1-3-17-10-12-18(13-11-17)22(28)27-23(25-16-20-7-4-5-14-24-20)26-19-8-6-9-21(15-19)29-2/h4-15H,3,16H2,1-2H3,(H2,25,26,27,28). The van der Waals surface area contributed by atoms with Gasteiger partial charge in [-0.05, 0) is 48.4 Å². The molecule has 0 spiro atoms. The molecule has 0 aliphatic heterocycles. The highest BCUT2D eigenvalue weighted by Crippen LogP contribution is 2.16. The Balaban J connectivity index is 1.79. The van der Waals surface area contributed by atoms with Crippen LogP contribution in [0.2, 0.25) is 0 Å². The van der Waals surface area contributed by atoms with Gasteiger partial charge in [-0.2, -0.15) is 0 Å². The van der Waals surface area contributed by atoms with E-state index in [1.807, 2.05) is 66.7 Å². The molecule has 29 heavy (non-hydrogen) atoms. The van der Waals surface area contributed by atoms with Crippen LogP contribution in [0.15, 0.2) is 77.9 Å². The van der Waals surface area contributed by atoms with Crippen LogP contribution in [-0.4, -0.2) is 24.0 Å². The summed E-state index contributed by atoms with van der Waals surface area (Å²) >= 11 is 0. The molecule has 3 aromatic rings. The predicted molar refractivity (Wildman–Crippen MR) is 115 cm³/mol. The first-order valence-corrected chi connectivity index (χ1v) is 9.43. The van der Waals surface area contributed by atoms with Crippen LogP contribution < -0.4 is 15.4 Å². The van der Waals surface area contributed by atoms with Gasteiger partial charge in [0.2, 0.25) is 5.96 Å². The fourth-order valence-electron chi connectivity index (χ4n) is 2.67. The summed E-state index contributed by atoms with van der Waals surface area (Å²) in [7, 11) is 1.61. The number of pyridine rings is 1. The molecule has 1 heterocycles. The average molecular weight is 388 g/mol. The molecular formula is C23H24N4O2. The van der Waals surface area contributed by atoms with Gasteiger partial charge >= 0.3 is 0 Å². The summed E-state index contributed by atoms with van der Waals surface area (Å²) in [6.07, 6.45) is 2.64. The number of hydrogen-bond acceptors (Lipinski definition) is 4. The van der Waals surface area contributed by atoms with Gasteiger partial charge in [0.05, 0.1) is 19.3 Å². The highest BCUT2D eigenvalue weighted by molar-refractivity contribution is 6.10. The van der Waals surface area contributed by atoms with Crippen molar-refractivity contribution in [3.63, 3.8) is 0 Å². The van der Waals surface area contributed by atoms with E-state index in [2.05, 4.69) is 27.5 Å². The maximum absolute atomic E-state index is 12.7. The van der Waals surface area contributed by atoms with Crippen molar-refractivity contribution >= 4 is 17.6 Å². The number of benzene rings is 2. The Morgan fingerprint density at radius 2 is 1.90 bits per heavy atom. The first-order valence-electron chi connectivity index (χ1n) is 9.43. The maximum Gasteiger partial charge on any atom is 0.257 e. The van der Waals surface area contributed by atoms with Crippen molar-refractivity contribution in [3.8, 4) is 5.75 Å². The Hall–Kier alpha value is -3.67. The molecule has 1 aromatic heterocycles. The van der Waals surface area contributed by atoms with Crippen molar-refractivity contribution in [3.05, 3.63) is 89.7 Å². The van der Waals surface area contributed by atoms with Gasteiger partial charge in [-0.1, -0.05) is 31.2 Å². The number of methoxy groups -OCH3 is 1. The van der Waals surface area contributed by atoms with E-state index < -0.39 is 0 Å². The van der Waals surface area contributed by atoms with Crippen LogP contribution in [0.25, 0.3) is 0 Å². The molecule has 1 amide bonds. The van der Waals surface area contributed by atoms with Crippen molar-refractivity contribution < 1.29 is 9.53 Å². The van der Waals surface area contributed by atoms with Crippen molar-refractivity contribution in [1.29, 1.82) is 0 Å². The van der Waals surface area contributed by atoms with Crippen LogP contribution in [0.1, 0.15) is 28.5 Å². The van der Waals surface area contributed by atoms with E-state index in [-0.39, 0.29) is 5.91 Å². The number of carbonyl (C=O) groups is 1. The lowest BCUT2D eigenvalue weighted by Crippen LogP contribution is -2.36. The molecule has 6 nitrogen and oxygen atoms in total. The van der Waals surface area contributed by atoms with E-state index in [4.69, 9.17) is 4.74 Å². The average Bonchev–Trinajstić information content (AvgIpc) is 2.78. The van der Waals surface area contributed by atoms with E-state index in [1.54, 1.807) is 13.3 Å². The fourth-order valence-corrected chi connectivity index (χ4v) is 2.67. The summed E-state index contributed by atoms with van der Waals surface area (Å²) in [5.74, 6) is 0.817. The molecule has 148 valence electrons. The molecule has 3 rings (SSSR count). The lowest BCUT2D eigenvalue weighted by atomic mass is 10.1. The first-order chi connectivity index (χ1) is 14.2. The number of guanidine groups is 1. The lowest BCUT2D eigenvalue weighted by Gasteiger charge is -2.13. The van der Waals surface area contributed by atoms with E-state index >= 15 is 0 Å². The van der Waals surface area contributed by atoms with Crippen LogP contribution in [0.4, 0.5) is 5.69 Å². The number of nitrogens with zero attached hydrogens (tertiary/aromatic N) is 2. The Morgan fingerprint density at radius 3 is 2.59 bits per heavy atom. The van der Waals surface area contributed by atoms with Gasteiger partial charge in [-0.3, -0.25) is 15.1 Å². The minimum absolute atomic E-state index is 0.233. The second-order valence-corrected chi connectivity index (χ2v) is 6.35. The summed E-state index contributed by atoms with van der Waals surface area (Å²) in [4.78, 5) is 21.5. The zero-order chi connectivity index (χ0) is 20.5. The van der Waals surface area contributed by atoms with E-state index in [9.17, 15) is 4.79 Å². The van der Waals surface area contributed by atoms with Crippen LogP contribution >= 0.6 is 0 Å². The smallest absolute Gasteiger partial charge is 0.257 e. The van der Waals surface area contributed by atoms with Gasteiger partial charge in [0.1, 0.15) is 5.75 Å². The van der Waals surface area contributed by atoms with Crippen LogP contribution in [0, 0.1) is 0 Å². The van der Waals surface area contributed by atoms with Crippen LogP contribution in [-0.2, 0) is 13.0 Å². The molecule has 2 aromatic carbocycles. The van der Waals surface area contributed by atoms with E-state index in [0.717, 1.165) is 17.8 Å². The highest BCUT2D eigenvalue weighted by atomic mass is 16.5. The predicted octanol–water partition coefficient (Wildman–Crippen LogP) is 4.05. The van der Waals surface area contributed by atoms with Crippen molar-refractivity contribution in [2.45, 2.75) is 19.9 Å². The van der Waals surface area contributed by atoms with Gasteiger partial charge in [0.15, 0.2) is 0 Å². The number of carbonyl (C=O) groups excluding carboxylic acids is 1. The molecule has 0 aliphatic rings. The van der Waals surface area contributed by atoms with Gasteiger partial charge in [-0.25, -0.2) is 4.99 Å². The molecule has 0 saturated heterocycles. The Morgan fingerprint density at radius 1 is 1.07 bits per heavy atom. The van der Waals surface area contributed by atoms with Gasteiger partial charge in [0, 0.05) is 23.5 Å². The third-order valence-corrected chi connectivity index (χ3v) is 4.31. The molecule has 0 fully saturated rings. The Bertz CT molecular complexity index is 970. The summed E-state index contributed by atoms with van der Waals surface area (Å²) in [6.45, 7) is 2.41. The topological polar surface area (TPSA) is 75.6 Å². The zero-order valence-electron chi connectivity index (χ0n) is 16.6. The second-order valence-electron chi connectivity index (χ2n) is 6.35. The molecule has 0 atom stereocenters. The Kier molecular flexibility index (Phi) is 6.95. The molecule has 0 aliphatic carbocycles.